The van der Waals surface area contributed by atoms with Crippen LogP contribution in [-0.4, -0.2) is 20.6 Å². The first kappa shape index (κ1) is 18.9. The second-order valence-electron chi connectivity index (χ2n) is 8.44. The van der Waals surface area contributed by atoms with Gasteiger partial charge in [-0.25, -0.2) is 4.98 Å². The molecule has 0 aliphatic heterocycles. The van der Waals surface area contributed by atoms with E-state index in [1.165, 1.54) is 0 Å². The number of hydrogen-bond donors (Lipinski definition) is 1. The number of imidazole rings is 1. The first-order valence-electron chi connectivity index (χ1n) is 10.6. The van der Waals surface area contributed by atoms with Gasteiger partial charge in [-0.05, 0) is 86.2 Å². The summed E-state index contributed by atoms with van der Waals surface area (Å²) in [4.78, 5) is 4.56. The Balaban J connectivity index is 1.47. The average molecular weight is 399 g/mol. The van der Waals surface area contributed by atoms with Crippen LogP contribution in [0.2, 0.25) is 0 Å². The van der Waals surface area contributed by atoms with Crippen LogP contribution >= 0.6 is 0 Å². The topological polar surface area (TPSA) is 46.8 Å². The number of hydrogen-bond acceptors (Lipinski definition) is 3. The lowest BCUT2D eigenvalue weighted by Crippen LogP contribution is -2.33. The predicted octanol–water partition coefficient (Wildman–Crippen LogP) is 5.83. The van der Waals surface area contributed by atoms with Gasteiger partial charge in [0.05, 0.1) is 23.6 Å². The highest BCUT2D eigenvalue weighted by Crippen LogP contribution is 2.41. The van der Waals surface area contributed by atoms with E-state index in [0.717, 1.165) is 58.6 Å². The van der Waals surface area contributed by atoms with Crippen molar-refractivity contribution in [2.24, 2.45) is 0 Å². The Hall–Kier alpha value is -3.11. The molecule has 1 N–H and O–H groups in total. The number of rotatable bonds is 5. The Morgan fingerprint density at radius 1 is 0.900 bits per heavy atom. The van der Waals surface area contributed by atoms with Gasteiger partial charge in [-0.2, -0.15) is 0 Å². The molecule has 1 aliphatic rings. The van der Waals surface area contributed by atoms with E-state index in [1.807, 2.05) is 38.2 Å². The third-order valence-electron chi connectivity index (χ3n) is 5.96. The van der Waals surface area contributed by atoms with Crippen LogP contribution < -0.4 is 4.74 Å². The van der Waals surface area contributed by atoms with Gasteiger partial charge < -0.3 is 9.84 Å². The van der Waals surface area contributed by atoms with Crippen LogP contribution in [0.25, 0.3) is 28.0 Å². The highest BCUT2D eigenvalue weighted by Gasteiger charge is 2.35. The molecule has 2 heterocycles. The molecule has 0 radical (unpaired) electrons. The Kier molecular flexibility index (Phi) is 4.59. The van der Waals surface area contributed by atoms with Crippen LogP contribution in [-0.2, 0) is 5.60 Å². The second kappa shape index (κ2) is 7.29. The van der Waals surface area contributed by atoms with Crippen LogP contribution in [0.1, 0.15) is 38.7 Å². The molecule has 5 rings (SSSR count). The van der Waals surface area contributed by atoms with Gasteiger partial charge in [0.2, 0.25) is 0 Å². The summed E-state index contributed by atoms with van der Waals surface area (Å²) in [6.45, 7) is 4.05. The maximum atomic E-state index is 10.6. The minimum absolute atomic E-state index is 0.158. The van der Waals surface area contributed by atoms with Crippen molar-refractivity contribution in [1.29, 1.82) is 0 Å². The molecule has 0 saturated heterocycles. The van der Waals surface area contributed by atoms with Crippen molar-refractivity contribution in [2.45, 2.75) is 44.8 Å². The maximum absolute atomic E-state index is 10.6. The summed E-state index contributed by atoms with van der Waals surface area (Å²) in [5, 5.41) is 10.6. The standard InChI is InChI=1S/C26H26N2O2/c1-18(2)30-23-11-6-20(7-12-23)24-16-27-25-13-8-21(17-28(24)25)19-4-9-22(10-5-19)26(29)14-3-15-26/h4-13,16-18,29H,3,14-15H2,1-2H3. The number of fused-ring (bicyclic) bond motifs is 1. The monoisotopic (exact) mass is 398 g/mol. The van der Waals surface area contributed by atoms with Gasteiger partial charge in [0.25, 0.3) is 0 Å². The maximum Gasteiger partial charge on any atom is 0.137 e. The number of benzene rings is 2. The van der Waals surface area contributed by atoms with Crippen LogP contribution in [0.4, 0.5) is 0 Å². The van der Waals surface area contributed by atoms with E-state index in [9.17, 15) is 5.11 Å². The summed E-state index contributed by atoms with van der Waals surface area (Å²) in [5.41, 5.74) is 5.70. The summed E-state index contributed by atoms with van der Waals surface area (Å²) in [6.07, 6.45) is 7.01. The van der Waals surface area contributed by atoms with E-state index in [0.29, 0.717) is 0 Å². The molecule has 4 heteroatoms. The third kappa shape index (κ3) is 3.37. The van der Waals surface area contributed by atoms with Crippen molar-refractivity contribution in [3.05, 3.63) is 78.6 Å². The van der Waals surface area contributed by atoms with Crippen molar-refractivity contribution in [3.63, 3.8) is 0 Å². The normalized spacial score (nSPS) is 15.3. The molecule has 1 fully saturated rings. The molecule has 0 spiro atoms. The zero-order valence-electron chi connectivity index (χ0n) is 17.4. The van der Waals surface area contributed by atoms with Crippen LogP contribution in [0.15, 0.2) is 73.1 Å². The third-order valence-corrected chi connectivity index (χ3v) is 5.96. The molecule has 30 heavy (non-hydrogen) atoms. The zero-order chi connectivity index (χ0) is 20.7. The summed E-state index contributed by atoms with van der Waals surface area (Å²) < 4.78 is 7.88. The second-order valence-corrected chi connectivity index (χ2v) is 8.44. The lowest BCUT2D eigenvalue weighted by Gasteiger charge is -2.37. The van der Waals surface area contributed by atoms with E-state index >= 15 is 0 Å². The van der Waals surface area contributed by atoms with E-state index in [2.05, 4.69) is 58.0 Å². The van der Waals surface area contributed by atoms with Crippen LogP contribution in [0.3, 0.4) is 0 Å². The van der Waals surface area contributed by atoms with Gasteiger partial charge in [0.1, 0.15) is 11.4 Å². The van der Waals surface area contributed by atoms with Gasteiger partial charge in [-0.1, -0.05) is 24.3 Å². The Bertz CT molecular complexity index is 1170. The minimum atomic E-state index is -0.620. The fraction of sp³-hybridized carbons (Fsp3) is 0.269. The molecule has 4 nitrogen and oxygen atoms in total. The number of ether oxygens (including phenoxy) is 1. The van der Waals surface area contributed by atoms with Crippen molar-refractivity contribution in [3.8, 4) is 28.1 Å². The Morgan fingerprint density at radius 3 is 2.20 bits per heavy atom. The first-order chi connectivity index (χ1) is 14.5. The van der Waals surface area contributed by atoms with Crippen molar-refractivity contribution < 1.29 is 9.84 Å². The lowest BCUT2D eigenvalue weighted by atomic mass is 9.75. The van der Waals surface area contributed by atoms with Gasteiger partial charge in [0, 0.05) is 11.8 Å². The molecule has 2 aromatic heterocycles. The Morgan fingerprint density at radius 2 is 1.57 bits per heavy atom. The molecule has 0 amide bonds. The lowest BCUT2D eigenvalue weighted by molar-refractivity contribution is -0.0387. The molecular formula is C26H26N2O2. The SMILES string of the molecule is CC(C)Oc1ccc(-c2cnc3ccc(-c4ccc(C5(O)CCC5)cc4)cn23)cc1. The Labute approximate surface area is 176 Å². The highest BCUT2D eigenvalue weighted by molar-refractivity contribution is 5.69. The van der Waals surface area contributed by atoms with Gasteiger partial charge in [0.15, 0.2) is 0 Å². The van der Waals surface area contributed by atoms with Crippen LogP contribution in [0.5, 0.6) is 5.75 Å². The van der Waals surface area contributed by atoms with E-state index in [1.54, 1.807) is 0 Å². The zero-order valence-corrected chi connectivity index (χ0v) is 17.4. The first-order valence-corrected chi connectivity index (χ1v) is 10.6. The van der Waals surface area contributed by atoms with E-state index in [-0.39, 0.29) is 6.10 Å². The smallest absolute Gasteiger partial charge is 0.137 e. The summed E-state index contributed by atoms with van der Waals surface area (Å²) in [7, 11) is 0. The van der Waals surface area contributed by atoms with E-state index < -0.39 is 5.60 Å². The molecule has 1 aliphatic carbocycles. The fourth-order valence-electron chi connectivity index (χ4n) is 4.11. The molecule has 0 bridgehead atoms. The van der Waals surface area contributed by atoms with Gasteiger partial charge in [-0.15, -0.1) is 0 Å². The number of aliphatic hydroxyl groups is 1. The summed E-state index contributed by atoms with van der Waals surface area (Å²) >= 11 is 0. The average Bonchev–Trinajstić information content (AvgIpc) is 3.15. The van der Waals surface area contributed by atoms with Crippen molar-refractivity contribution >= 4 is 5.65 Å². The van der Waals surface area contributed by atoms with Crippen LogP contribution in [0, 0.1) is 0 Å². The summed E-state index contributed by atoms with van der Waals surface area (Å²) in [5.74, 6) is 0.872. The minimum Gasteiger partial charge on any atom is -0.491 e. The largest absolute Gasteiger partial charge is 0.491 e. The number of aromatic nitrogens is 2. The summed E-state index contributed by atoms with van der Waals surface area (Å²) in [6, 6.07) is 20.6. The quantitative estimate of drug-likeness (QED) is 0.460. The van der Waals surface area contributed by atoms with Crippen molar-refractivity contribution in [1.82, 2.24) is 9.38 Å². The van der Waals surface area contributed by atoms with Gasteiger partial charge in [-0.3, -0.25) is 4.40 Å². The number of pyridine rings is 1. The molecule has 0 unspecified atom stereocenters. The van der Waals surface area contributed by atoms with Crippen molar-refractivity contribution in [2.75, 3.05) is 0 Å². The number of nitrogens with zero attached hydrogens (tertiary/aromatic N) is 2. The van der Waals surface area contributed by atoms with E-state index in [4.69, 9.17) is 4.74 Å². The fourth-order valence-corrected chi connectivity index (χ4v) is 4.11. The predicted molar refractivity (Wildman–Crippen MR) is 120 cm³/mol. The molecule has 1 saturated carbocycles. The molecule has 2 aromatic carbocycles. The highest BCUT2D eigenvalue weighted by atomic mass is 16.5. The molecular weight excluding hydrogens is 372 g/mol. The molecule has 0 atom stereocenters. The molecule has 4 aromatic rings. The molecule has 152 valence electrons. The van der Waals surface area contributed by atoms with Gasteiger partial charge >= 0.3 is 0 Å².